The van der Waals surface area contributed by atoms with Crippen LogP contribution in [0, 0.1) is 34.1 Å². The van der Waals surface area contributed by atoms with E-state index in [0.717, 1.165) is 22.9 Å². The number of ketones is 2. The summed E-state index contributed by atoms with van der Waals surface area (Å²) in [6, 6.07) is 14.0. The van der Waals surface area contributed by atoms with Crippen molar-refractivity contribution in [3.8, 4) is 11.4 Å². The number of aromatic amines is 2. The van der Waals surface area contributed by atoms with Crippen LogP contribution < -0.4 is 56.7 Å². The first-order chi connectivity index (χ1) is 27.2. The van der Waals surface area contributed by atoms with Crippen molar-refractivity contribution in [1.29, 1.82) is 0 Å². The van der Waals surface area contributed by atoms with E-state index in [1.807, 2.05) is 0 Å². The van der Waals surface area contributed by atoms with Crippen LogP contribution in [0.25, 0.3) is 11.4 Å². The maximum absolute atomic E-state index is 12.7. The number of para-hydroxylation sites is 1. The van der Waals surface area contributed by atoms with E-state index in [2.05, 4.69) is 31.3 Å². The van der Waals surface area contributed by atoms with Crippen molar-refractivity contribution in [2.75, 3.05) is 10.9 Å². The Morgan fingerprint density at radius 1 is 0.750 bits per heavy atom. The molecule has 0 fully saturated rings. The van der Waals surface area contributed by atoms with Crippen molar-refractivity contribution >= 4 is 54.5 Å². The van der Waals surface area contributed by atoms with Gasteiger partial charge in [-0.3, -0.25) is 65.0 Å². The standard InChI is InChI=1S/C16H14N6O6S.C16H13N5O7S.Cr.Na/c1-9-15(19-18-13-6-5-11(22(25)26)8-14(13)23)16(24)21(20-9)10-3-2-4-12(7-10)29(17,27)28;1-9-14(16(23)20(19-9)10-5-3-2-4-6-10)18-17-12-7-11(29(26,27)28)8-13(15(12)22)21(24)25;;/h2-8,19-20H,1H3,(H2,17,27,28);2-8,18-19H,1H3,(H,26,27,28);;/q;;;+1/b18-13-;17-12+;;. The minimum absolute atomic E-state index is 0. The molecule has 0 unspecified atom stereocenters. The van der Waals surface area contributed by atoms with E-state index in [4.69, 9.17) is 9.69 Å². The molecule has 4 aromatic rings. The number of allylic oxidation sites excluding steroid dienone is 6. The molecule has 0 aliphatic heterocycles. The SMILES string of the molecule is Cc1[nH]n(-c2cccc(S(N)(=O)=O)c2)c(=O)c1N/N=C1/C=CC([N+](=O)[O-])=CC1=O.Cc1[nH]n(-c2ccccc2)c(=O)c1N/N=C1\C=C(S(=O)(=O)O)C=C([N+](=O)[O-])C1=O.[Cr].[Na+]. The third-order valence-corrected chi connectivity index (χ3v) is 9.55. The second kappa shape index (κ2) is 19.3. The number of nitrogens with zero attached hydrogens (tertiary/aromatic N) is 6. The molecule has 7 N–H and O–H groups in total. The van der Waals surface area contributed by atoms with Crippen LogP contribution in [-0.2, 0) is 47.1 Å². The minimum Gasteiger partial charge on any atom is -0.293 e. The zero-order valence-electron chi connectivity index (χ0n) is 30.9. The van der Waals surface area contributed by atoms with Crippen molar-refractivity contribution in [1.82, 2.24) is 19.6 Å². The van der Waals surface area contributed by atoms with Gasteiger partial charge in [-0.15, -0.1) is 0 Å². The summed E-state index contributed by atoms with van der Waals surface area (Å²) in [7, 11) is -8.79. The third kappa shape index (κ3) is 10.9. The molecule has 306 valence electrons. The summed E-state index contributed by atoms with van der Waals surface area (Å²) in [5, 5.41) is 39.8. The van der Waals surface area contributed by atoms with Gasteiger partial charge in [-0.25, -0.2) is 22.9 Å². The van der Waals surface area contributed by atoms with E-state index >= 15 is 0 Å². The number of rotatable bonds is 10. The third-order valence-electron chi connectivity index (χ3n) is 7.81. The second-order valence-corrected chi connectivity index (χ2v) is 14.7. The second-order valence-electron chi connectivity index (χ2n) is 11.8. The smallest absolute Gasteiger partial charge is 0.293 e. The zero-order valence-corrected chi connectivity index (χ0v) is 35.8. The van der Waals surface area contributed by atoms with Crippen LogP contribution in [0.2, 0.25) is 0 Å². The van der Waals surface area contributed by atoms with E-state index in [0.29, 0.717) is 29.2 Å². The van der Waals surface area contributed by atoms with E-state index in [1.165, 1.54) is 28.9 Å². The number of hydrogen-bond acceptors (Lipinski definition) is 16. The van der Waals surface area contributed by atoms with Crippen LogP contribution in [0.3, 0.4) is 0 Å². The van der Waals surface area contributed by atoms with E-state index in [9.17, 15) is 56.2 Å². The summed E-state index contributed by atoms with van der Waals surface area (Å²) >= 11 is 0. The van der Waals surface area contributed by atoms with Crippen LogP contribution >= 0.6 is 0 Å². The number of hydrazone groups is 2. The van der Waals surface area contributed by atoms with Gasteiger partial charge in [-0.1, -0.05) is 24.3 Å². The number of carbonyl (C=O) groups excluding carboxylic acids is 2. The van der Waals surface area contributed by atoms with Gasteiger partial charge in [-0.05, 0) is 56.3 Å². The fourth-order valence-corrected chi connectivity index (χ4v) is 6.05. The molecule has 60 heavy (non-hydrogen) atoms. The number of aryl methyl sites for hydroxylation is 2. The zero-order chi connectivity index (χ0) is 42.7. The fourth-order valence-electron chi connectivity index (χ4n) is 4.98. The van der Waals surface area contributed by atoms with Crippen LogP contribution in [0.5, 0.6) is 0 Å². The molecule has 2 heterocycles. The van der Waals surface area contributed by atoms with Gasteiger partial charge in [0.1, 0.15) is 27.7 Å². The summed E-state index contributed by atoms with van der Waals surface area (Å²) in [4.78, 5) is 68.1. The maximum Gasteiger partial charge on any atom is 1.00 e. The Bertz CT molecular complexity index is 2960. The molecule has 2 aromatic carbocycles. The molecule has 0 amide bonds. The van der Waals surface area contributed by atoms with Gasteiger partial charge >= 0.3 is 35.3 Å². The Kier molecular flexibility index (Phi) is 15.5. The average molecular weight is 913 g/mol. The monoisotopic (exact) mass is 912 g/mol. The molecule has 2 aliphatic rings. The first-order valence-corrected chi connectivity index (χ1v) is 18.8. The topological polar surface area (TPSA) is 359 Å². The minimum atomic E-state index is -4.83. The molecule has 0 spiro atoms. The van der Waals surface area contributed by atoms with Gasteiger partial charge in [0.25, 0.3) is 32.7 Å². The molecule has 0 atom stereocenters. The summed E-state index contributed by atoms with van der Waals surface area (Å²) in [5.74, 6) is -1.88. The molecular formula is C32H27CrN11NaO13S2+. The van der Waals surface area contributed by atoms with Crippen molar-refractivity contribution in [3.63, 3.8) is 0 Å². The molecule has 2 aromatic heterocycles. The van der Waals surface area contributed by atoms with Crippen molar-refractivity contribution < 1.29 is 87.7 Å². The first kappa shape index (κ1) is 48.2. The normalized spacial score (nSPS) is 15.1. The van der Waals surface area contributed by atoms with E-state index < -0.39 is 69.0 Å². The number of carbonyl (C=O) groups is 2. The Hall–Kier alpha value is -6.15. The molecule has 0 bridgehead atoms. The number of aromatic nitrogens is 4. The van der Waals surface area contributed by atoms with Gasteiger partial charge in [0.05, 0.1) is 43.6 Å². The number of anilines is 2. The summed E-state index contributed by atoms with van der Waals surface area (Å²) in [6.07, 6.45) is 4.18. The quantitative estimate of drug-likeness (QED) is 0.0328. The van der Waals surface area contributed by atoms with Crippen molar-refractivity contribution in [3.05, 3.63) is 154 Å². The van der Waals surface area contributed by atoms with Crippen LogP contribution in [-0.4, -0.2) is 73.8 Å². The largest absolute Gasteiger partial charge is 1.00 e. The number of sulfonamides is 1. The molecule has 24 nitrogen and oxygen atoms in total. The predicted molar refractivity (Wildman–Crippen MR) is 205 cm³/mol. The molecule has 0 saturated heterocycles. The molecule has 0 saturated carbocycles. The molecular weight excluding hydrogens is 886 g/mol. The van der Waals surface area contributed by atoms with Crippen molar-refractivity contribution in [2.45, 2.75) is 18.7 Å². The van der Waals surface area contributed by atoms with E-state index in [1.54, 1.807) is 44.2 Å². The van der Waals surface area contributed by atoms with Crippen LogP contribution in [0.15, 0.2) is 126 Å². The molecule has 28 heteroatoms. The summed E-state index contributed by atoms with van der Waals surface area (Å²) in [6.45, 7) is 3.11. The number of Topliss-reactive ketones (excluding diaryl/α,β-unsaturated/α-hetero) is 1. The fraction of sp³-hybridized carbons (Fsp3) is 0.0625. The Morgan fingerprint density at radius 3 is 1.78 bits per heavy atom. The number of primary sulfonamides is 1. The number of benzene rings is 2. The van der Waals surface area contributed by atoms with Gasteiger partial charge in [0.2, 0.25) is 15.8 Å². The van der Waals surface area contributed by atoms with Gasteiger partial charge in [-0.2, -0.15) is 18.6 Å². The van der Waals surface area contributed by atoms with Crippen LogP contribution in [0.4, 0.5) is 11.4 Å². The molecule has 2 aliphatic carbocycles. The van der Waals surface area contributed by atoms with Gasteiger partial charge in [0.15, 0.2) is 0 Å². The summed E-state index contributed by atoms with van der Waals surface area (Å²) in [5.41, 5.74) is 2.80. The molecule has 0 radical (unpaired) electrons. The van der Waals surface area contributed by atoms with Gasteiger partial charge in [0, 0.05) is 29.5 Å². The van der Waals surface area contributed by atoms with Crippen LogP contribution in [0.1, 0.15) is 11.4 Å². The summed E-state index contributed by atoms with van der Waals surface area (Å²) < 4.78 is 57.1. The maximum atomic E-state index is 12.7. The van der Waals surface area contributed by atoms with Gasteiger partial charge < -0.3 is 0 Å². The Morgan fingerprint density at radius 2 is 1.28 bits per heavy atom. The first-order valence-electron chi connectivity index (χ1n) is 15.8. The molecule has 6 rings (SSSR count). The number of nitro groups is 2. The number of nitrogens with two attached hydrogens (primary N) is 1. The predicted octanol–water partition coefficient (Wildman–Crippen LogP) is -2.05. The number of nitrogens with one attached hydrogen (secondary N) is 4. The average Bonchev–Trinajstić information content (AvgIpc) is 3.61. The van der Waals surface area contributed by atoms with E-state index in [-0.39, 0.29) is 80.3 Å². The Balaban J connectivity index is 0.000000310. The number of H-pyrrole nitrogens is 2. The Labute approximate surface area is 369 Å². The number of hydrogen-bond donors (Lipinski definition) is 6. The van der Waals surface area contributed by atoms with Crippen molar-refractivity contribution in [2.24, 2.45) is 15.3 Å².